The van der Waals surface area contributed by atoms with E-state index in [9.17, 15) is 14.7 Å². The van der Waals surface area contributed by atoms with Crippen LogP contribution >= 0.6 is 0 Å². The number of ether oxygens (including phenoxy) is 2. The highest BCUT2D eigenvalue weighted by Crippen LogP contribution is 2.17. The van der Waals surface area contributed by atoms with E-state index in [1.54, 1.807) is 0 Å². The van der Waals surface area contributed by atoms with Crippen LogP contribution in [0.1, 0.15) is 0 Å². The van der Waals surface area contributed by atoms with Gasteiger partial charge in [-0.25, -0.2) is 4.79 Å². The maximum absolute atomic E-state index is 10.1. The Hall–Kier alpha value is -2.24. The van der Waals surface area contributed by atoms with Crippen molar-refractivity contribution in [2.45, 2.75) is 0 Å². The average molecular weight is 197 g/mol. The van der Waals surface area contributed by atoms with Gasteiger partial charge in [0.1, 0.15) is 5.75 Å². The van der Waals surface area contributed by atoms with Crippen molar-refractivity contribution in [2.75, 3.05) is 0 Å². The first-order valence-corrected chi connectivity index (χ1v) is 3.47. The van der Waals surface area contributed by atoms with Gasteiger partial charge in [0.2, 0.25) is 0 Å². The maximum atomic E-state index is 10.1. The van der Waals surface area contributed by atoms with Crippen molar-refractivity contribution in [3.63, 3.8) is 0 Å². The van der Waals surface area contributed by atoms with Crippen molar-refractivity contribution in [1.82, 2.24) is 0 Å². The summed E-state index contributed by atoms with van der Waals surface area (Å²) in [6, 6.07) is 5.00. The van der Waals surface area contributed by atoms with E-state index in [2.05, 4.69) is 9.47 Å². The molecule has 0 saturated carbocycles. The monoisotopic (exact) mass is 197 g/mol. The van der Waals surface area contributed by atoms with Crippen molar-refractivity contribution in [2.24, 2.45) is 0 Å². The molecule has 1 rings (SSSR count). The second-order valence-electron chi connectivity index (χ2n) is 2.19. The number of rotatable bonds is 2. The molecule has 74 valence electrons. The fourth-order valence-corrected chi connectivity index (χ4v) is 0.773. The molecule has 0 fully saturated rings. The highest BCUT2D eigenvalue weighted by molar-refractivity contribution is 5.62. The predicted molar refractivity (Wildman–Crippen MR) is 41.1 cm³/mol. The van der Waals surface area contributed by atoms with Gasteiger partial charge in [0.05, 0.1) is 5.75 Å². The lowest BCUT2D eigenvalue weighted by atomic mass is 10.3. The molecule has 0 aliphatic rings. The molecule has 14 heavy (non-hydrogen) atoms. The van der Waals surface area contributed by atoms with Gasteiger partial charge in [-0.2, -0.15) is 0 Å². The highest BCUT2D eigenvalue weighted by Gasteiger charge is 1.99. The van der Waals surface area contributed by atoms with E-state index >= 15 is 0 Å². The van der Waals surface area contributed by atoms with E-state index in [4.69, 9.17) is 5.11 Å². The number of hydrogen-bond donors (Lipinski definition) is 1. The lowest BCUT2D eigenvalue weighted by Gasteiger charge is -2.07. The molecular formula is C8H5O6-. The molecule has 0 bridgehead atoms. The minimum Gasteiger partial charge on any atom is -0.514 e. The van der Waals surface area contributed by atoms with Crippen molar-refractivity contribution < 1.29 is 29.3 Å². The van der Waals surface area contributed by atoms with E-state index in [1.807, 2.05) is 0 Å². The number of carbonyl (C=O) groups is 2. The summed E-state index contributed by atoms with van der Waals surface area (Å²) < 4.78 is 8.45. The minimum absolute atomic E-state index is 0.0303. The molecule has 0 saturated heterocycles. The van der Waals surface area contributed by atoms with Crippen LogP contribution in [0.2, 0.25) is 0 Å². The summed E-state index contributed by atoms with van der Waals surface area (Å²) in [4.78, 5) is 20.0. The molecule has 0 amide bonds. The minimum atomic E-state index is -1.68. The van der Waals surface area contributed by atoms with Gasteiger partial charge in [0.15, 0.2) is 0 Å². The zero-order valence-corrected chi connectivity index (χ0v) is 6.80. The SMILES string of the molecule is O=C([O-])Oc1ccc(OC(=O)O)cc1. The van der Waals surface area contributed by atoms with Crippen LogP contribution in [0.5, 0.6) is 11.5 Å². The van der Waals surface area contributed by atoms with E-state index in [0.29, 0.717) is 0 Å². The second-order valence-corrected chi connectivity index (χ2v) is 2.19. The summed E-state index contributed by atoms with van der Waals surface area (Å²) in [5.74, 6) is 0.103. The summed E-state index contributed by atoms with van der Waals surface area (Å²) in [7, 11) is 0. The molecule has 0 aliphatic heterocycles. The van der Waals surface area contributed by atoms with Crippen molar-refractivity contribution in [3.8, 4) is 11.5 Å². The van der Waals surface area contributed by atoms with Crippen molar-refractivity contribution in [1.29, 1.82) is 0 Å². The quantitative estimate of drug-likeness (QED) is 0.546. The Morgan fingerprint density at radius 1 is 1.07 bits per heavy atom. The molecule has 0 aromatic heterocycles. The molecule has 0 atom stereocenters. The Morgan fingerprint density at radius 2 is 1.50 bits per heavy atom. The standard InChI is InChI=1S/C8H6O6/c9-7(10)13-5-1-2-6(4-3-5)14-8(11)12/h1-4H,(H,9,10)(H,11,12)/p-1. The summed E-state index contributed by atoms with van der Waals surface area (Å²) in [5, 5.41) is 18.2. The lowest BCUT2D eigenvalue weighted by Crippen LogP contribution is -2.26. The molecule has 0 heterocycles. The van der Waals surface area contributed by atoms with Crippen LogP contribution in [0, 0.1) is 0 Å². The largest absolute Gasteiger partial charge is 0.514 e. The second kappa shape index (κ2) is 4.13. The van der Waals surface area contributed by atoms with Crippen LogP contribution in [0.3, 0.4) is 0 Å². The fraction of sp³-hybridized carbons (Fsp3) is 0. The zero-order valence-electron chi connectivity index (χ0n) is 6.80. The Labute approximate surface area is 78.3 Å². The first kappa shape index (κ1) is 9.85. The summed E-state index contributed by atoms with van der Waals surface area (Å²) >= 11 is 0. The van der Waals surface area contributed by atoms with Gasteiger partial charge < -0.3 is 24.5 Å². The highest BCUT2D eigenvalue weighted by atomic mass is 16.7. The summed E-state index contributed by atoms with van der Waals surface area (Å²) in [6.07, 6.45) is -3.13. The van der Waals surface area contributed by atoms with Crippen molar-refractivity contribution >= 4 is 12.3 Å². The molecule has 0 spiro atoms. The Balaban J connectivity index is 2.68. The van der Waals surface area contributed by atoms with Crippen LogP contribution in [-0.2, 0) is 0 Å². The smallest absolute Gasteiger partial charge is 0.511 e. The third-order valence-corrected chi connectivity index (χ3v) is 1.23. The predicted octanol–water partition coefficient (Wildman–Crippen LogP) is 0.465. The van der Waals surface area contributed by atoms with Gasteiger partial charge in [-0.15, -0.1) is 0 Å². The van der Waals surface area contributed by atoms with Crippen LogP contribution in [0.15, 0.2) is 24.3 Å². The van der Waals surface area contributed by atoms with E-state index in [-0.39, 0.29) is 11.5 Å². The van der Waals surface area contributed by atoms with Gasteiger partial charge >= 0.3 is 6.16 Å². The van der Waals surface area contributed by atoms with Crippen LogP contribution in [0.25, 0.3) is 0 Å². The van der Waals surface area contributed by atoms with Gasteiger partial charge in [0.25, 0.3) is 6.16 Å². The number of benzene rings is 1. The van der Waals surface area contributed by atoms with Gasteiger partial charge in [-0.1, -0.05) is 0 Å². The fourth-order valence-electron chi connectivity index (χ4n) is 0.773. The molecule has 1 N–H and O–H groups in total. The van der Waals surface area contributed by atoms with E-state index in [0.717, 1.165) is 0 Å². The first-order valence-electron chi connectivity index (χ1n) is 3.47. The van der Waals surface area contributed by atoms with Gasteiger partial charge in [0, 0.05) is 0 Å². The number of carboxylic acid groups (broad SMARTS) is 2. The number of hydrogen-bond acceptors (Lipinski definition) is 5. The summed E-state index contributed by atoms with van der Waals surface area (Å²) in [6.45, 7) is 0. The molecule has 1 aromatic rings. The van der Waals surface area contributed by atoms with Gasteiger partial charge in [-0.3, -0.25) is 0 Å². The average Bonchev–Trinajstić information content (AvgIpc) is 2.06. The molecule has 0 unspecified atom stereocenters. The summed E-state index contributed by atoms with van der Waals surface area (Å²) in [5.41, 5.74) is 0. The molecular weight excluding hydrogens is 192 g/mol. The maximum Gasteiger partial charge on any atom is 0.511 e. The normalized spacial score (nSPS) is 9.14. The Morgan fingerprint density at radius 3 is 1.86 bits per heavy atom. The lowest BCUT2D eigenvalue weighted by molar-refractivity contribution is -0.271. The third kappa shape index (κ3) is 3.02. The van der Waals surface area contributed by atoms with Crippen molar-refractivity contribution in [3.05, 3.63) is 24.3 Å². The Kier molecular flexibility index (Phi) is 2.90. The number of carbonyl (C=O) groups excluding carboxylic acids is 1. The van der Waals surface area contributed by atoms with E-state index in [1.165, 1.54) is 24.3 Å². The van der Waals surface area contributed by atoms with Crippen LogP contribution in [0.4, 0.5) is 9.59 Å². The third-order valence-electron chi connectivity index (χ3n) is 1.23. The molecule has 0 radical (unpaired) electrons. The van der Waals surface area contributed by atoms with Crippen LogP contribution in [-0.4, -0.2) is 17.4 Å². The first-order chi connectivity index (χ1) is 6.58. The Bertz CT molecular complexity index is 306. The molecule has 6 nitrogen and oxygen atoms in total. The zero-order chi connectivity index (χ0) is 10.6. The topological polar surface area (TPSA) is 95.9 Å². The molecule has 6 heteroatoms. The molecule has 0 aliphatic carbocycles. The van der Waals surface area contributed by atoms with E-state index < -0.39 is 12.3 Å². The molecule has 1 aromatic carbocycles. The van der Waals surface area contributed by atoms with Gasteiger partial charge in [-0.05, 0) is 24.3 Å². The van der Waals surface area contributed by atoms with Crippen LogP contribution < -0.4 is 14.6 Å².